The smallest absolute Gasteiger partial charge is 0.320 e. The number of aliphatic carboxylic acids is 1. The summed E-state index contributed by atoms with van der Waals surface area (Å²) in [4.78, 5) is 10.5. The molecule has 0 fully saturated rings. The topological polar surface area (TPSA) is 63.3 Å². The van der Waals surface area contributed by atoms with E-state index in [1.807, 2.05) is 19.1 Å². The second-order valence-corrected chi connectivity index (χ2v) is 5.28. The molecule has 102 valence electrons. The standard InChI is InChI=1S/C12H15BrClNO2.ClH/c1-7-5-8(6-9(13)11(7)14)3-2-4-10(15)12(16)17;/h5-6,10H,2-4,15H2,1H3,(H,16,17);1H. The molecule has 0 aliphatic heterocycles. The van der Waals surface area contributed by atoms with Gasteiger partial charge in [0, 0.05) is 4.47 Å². The van der Waals surface area contributed by atoms with Gasteiger partial charge in [0.15, 0.2) is 0 Å². The van der Waals surface area contributed by atoms with Gasteiger partial charge >= 0.3 is 5.97 Å². The monoisotopic (exact) mass is 355 g/mol. The van der Waals surface area contributed by atoms with Gasteiger partial charge in [-0.15, -0.1) is 12.4 Å². The molecule has 18 heavy (non-hydrogen) atoms. The van der Waals surface area contributed by atoms with Crippen molar-refractivity contribution in [3.8, 4) is 0 Å². The summed E-state index contributed by atoms with van der Waals surface area (Å²) in [6.07, 6.45) is 2.03. The Morgan fingerprint density at radius 2 is 2.17 bits per heavy atom. The number of carbonyl (C=O) groups is 1. The lowest BCUT2D eigenvalue weighted by molar-refractivity contribution is -0.138. The minimum atomic E-state index is -0.946. The third-order valence-corrected chi connectivity index (χ3v) is 3.92. The molecule has 0 aromatic heterocycles. The maximum Gasteiger partial charge on any atom is 0.320 e. The fourth-order valence-electron chi connectivity index (χ4n) is 1.59. The number of hydrogen-bond donors (Lipinski definition) is 2. The molecule has 0 saturated heterocycles. The van der Waals surface area contributed by atoms with Crippen molar-refractivity contribution in [2.24, 2.45) is 5.73 Å². The third-order valence-electron chi connectivity index (χ3n) is 2.57. The summed E-state index contributed by atoms with van der Waals surface area (Å²) in [7, 11) is 0. The first kappa shape index (κ1) is 17.7. The molecule has 3 nitrogen and oxygen atoms in total. The Morgan fingerprint density at radius 3 is 2.67 bits per heavy atom. The molecule has 0 bridgehead atoms. The minimum absolute atomic E-state index is 0. The van der Waals surface area contributed by atoms with Crippen LogP contribution in [-0.2, 0) is 11.2 Å². The molecule has 6 heteroatoms. The van der Waals surface area contributed by atoms with Crippen LogP contribution >= 0.6 is 39.9 Å². The highest BCUT2D eigenvalue weighted by atomic mass is 79.9. The summed E-state index contributed by atoms with van der Waals surface area (Å²) in [6.45, 7) is 1.94. The van der Waals surface area contributed by atoms with Gasteiger partial charge in [0.25, 0.3) is 0 Å². The lowest BCUT2D eigenvalue weighted by atomic mass is 10.0. The quantitative estimate of drug-likeness (QED) is 0.847. The predicted octanol–water partition coefficient (Wildman–Crippen LogP) is 3.57. The second kappa shape index (κ2) is 8.00. The van der Waals surface area contributed by atoms with Crippen LogP contribution in [0, 0.1) is 6.92 Å². The van der Waals surface area contributed by atoms with Gasteiger partial charge in [0.05, 0.1) is 5.02 Å². The molecule has 0 aliphatic carbocycles. The van der Waals surface area contributed by atoms with Crippen LogP contribution in [0.1, 0.15) is 24.0 Å². The van der Waals surface area contributed by atoms with Crippen molar-refractivity contribution in [2.45, 2.75) is 32.2 Å². The zero-order chi connectivity index (χ0) is 13.0. The largest absolute Gasteiger partial charge is 0.480 e. The number of carboxylic acids is 1. The van der Waals surface area contributed by atoms with E-state index in [2.05, 4.69) is 15.9 Å². The maximum atomic E-state index is 10.5. The summed E-state index contributed by atoms with van der Waals surface area (Å²) in [5, 5.41) is 9.37. The van der Waals surface area contributed by atoms with Crippen LogP contribution in [0.25, 0.3) is 0 Å². The van der Waals surface area contributed by atoms with Gasteiger partial charge in [0.1, 0.15) is 6.04 Å². The van der Waals surface area contributed by atoms with Gasteiger partial charge in [-0.25, -0.2) is 0 Å². The zero-order valence-corrected chi connectivity index (χ0v) is 13.1. The van der Waals surface area contributed by atoms with E-state index in [9.17, 15) is 4.79 Å². The van der Waals surface area contributed by atoms with Crippen LogP contribution in [0.15, 0.2) is 16.6 Å². The molecular weight excluding hydrogens is 341 g/mol. The molecule has 0 spiro atoms. The summed E-state index contributed by atoms with van der Waals surface area (Å²) in [6, 6.07) is 3.20. The van der Waals surface area contributed by atoms with E-state index in [1.54, 1.807) is 0 Å². The van der Waals surface area contributed by atoms with E-state index in [-0.39, 0.29) is 12.4 Å². The number of nitrogens with two attached hydrogens (primary N) is 1. The Balaban J connectivity index is 0.00000289. The molecule has 0 saturated carbocycles. The Labute approximate surface area is 126 Å². The van der Waals surface area contributed by atoms with E-state index < -0.39 is 12.0 Å². The second-order valence-electron chi connectivity index (χ2n) is 4.05. The number of halogens is 3. The normalized spacial score (nSPS) is 11.8. The maximum absolute atomic E-state index is 10.5. The van der Waals surface area contributed by atoms with Gasteiger partial charge in [-0.05, 0) is 59.3 Å². The lowest BCUT2D eigenvalue weighted by Crippen LogP contribution is -2.29. The van der Waals surface area contributed by atoms with E-state index in [0.29, 0.717) is 6.42 Å². The van der Waals surface area contributed by atoms with Crippen molar-refractivity contribution >= 4 is 45.9 Å². The van der Waals surface area contributed by atoms with Crippen molar-refractivity contribution < 1.29 is 9.90 Å². The average molecular weight is 357 g/mol. The average Bonchev–Trinajstić information content (AvgIpc) is 2.25. The Kier molecular flexibility index (Phi) is 7.87. The molecule has 3 N–H and O–H groups in total. The van der Waals surface area contributed by atoms with E-state index in [0.717, 1.165) is 33.5 Å². The van der Waals surface area contributed by atoms with E-state index in [1.165, 1.54) is 0 Å². The van der Waals surface area contributed by atoms with Crippen molar-refractivity contribution in [3.63, 3.8) is 0 Å². The zero-order valence-electron chi connectivity index (χ0n) is 9.95. The Hall–Kier alpha value is -0.290. The fourth-order valence-corrected chi connectivity index (χ4v) is 2.31. The fraction of sp³-hybridized carbons (Fsp3) is 0.417. The number of carboxylic acid groups (broad SMARTS) is 1. The molecule has 0 aliphatic rings. The van der Waals surface area contributed by atoms with Crippen LogP contribution in [-0.4, -0.2) is 17.1 Å². The van der Waals surface area contributed by atoms with Crippen LogP contribution < -0.4 is 5.73 Å². The van der Waals surface area contributed by atoms with Gasteiger partial charge < -0.3 is 10.8 Å². The predicted molar refractivity (Wildman–Crippen MR) is 79.7 cm³/mol. The molecule has 1 atom stereocenters. The lowest BCUT2D eigenvalue weighted by Gasteiger charge is -2.08. The number of hydrogen-bond acceptors (Lipinski definition) is 2. The van der Waals surface area contributed by atoms with Gasteiger partial charge in [-0.3, -0.25) is 4.79 Å². The first-order valence-corrected chi connectivity index (χ1v) is 6.52. The van der Waals surface area contributed by atoms with E-state index in [4.69, 9.17) is 22.4 Å². The highest BCUT2D eigenvalue weighted by Crippen LogP contribution is 2.28. The molecule has 0 radical (unpaired) electrons. The minimum Gasteiger partial charge on any atom is -0.480 e. The molecule has 0 amide bonds. The van der Waals surface area contributed by atoms with Gasteiger partial charge in [0.2, 0.25) is 0 Å². The van der Waals surface area contributed by atoms with Crippen LogP contribution in [0.4, 0.5) is 0 Å². The number of rotatable bonds is 5. The SMILES string of the molecule is Cc1cc(CCCC(N)C(=O)O)cc(Br)c1Cl.Cl. The summed E-state index contributed by atoms with van der Waals surface area (Å²) in [5.41, 5.74) is 7.58. The van der Waals surface area contributed by atoms with E-state index >= 15 is 0 Å². The Morgan fingerprint density at radius 1 is 1.56 bits per heavy atom. The van der Waals surface area contributed by atoms with Crippen LogP contribution in [0.5, 0.6) is 0 Å². The number of aryl methyl sites for hydroxylation is 2. The molecule has 1 aromatic rings. The Bertz CT molecular complexity index is 404. The van der Waals surface area contributed by atoms with Crippen molar-refractivity contribution in [3.05, 3.63) is 32.8 Å². The molecule has 1 unspecified atom stereocenters. The van der Waals surface area contributed by atoms with Crippen molar-refractivity contribution in [1.29, 1.82) is 0 Å². The highest BCUT2D eigenvalue weighted by Gasteiger charge is 2.11. The van der Waals surface area contributed by atoms with Crippen molar-refractivity contribution in [1.82, 2.24) is 0 Å². The first-order chi connectivity index (χ1) is 7.91. The third kappa shape index (κ3) is 5.14. The summed E-state index contributed by atoms with van der Waals surface area (Å²) < 4.78 is 0.872. The van der Waals surface area contributed by atoms with Crippen LogP contribution in [0.2, 0.25) is 5.02 Å². The molecular formula is C12H16BrCl2NO2. The van der Waals surface area contributed by atoms with Crippen molar-refractivity contribution in [2.75, 3.05) is 0 Å². The first-order valence-electron chi connectivity index (χ1n) is 5.34. The summed E-state index contributed by atoms with van der Waals surface area (Å²) >= 11 is 9.42. The van der Waals surface area contributed by atoms with Gasteiger partial charge in [-0.2, -0.15) is 0 Å². The molecule has 1 aromatic carbocycles. The molecule has 0 heterocycles. The highest BCUT2D eigenvalue weighted by molar-refractivity contribution is 9.10. The summed E-state index contributed by atoms with van der Waals surface area (Å²) in [5.74, 6) is -0.946. The molecule has 1 rings (SSSR count). The van der Waals surface area contributed by atoms with Gasteiger partial charge in [-0.1, -0.05) is 17.7 Å². The van der Waals surface area contributed by atoms with Crippen LogP contribution in [0.3, 0.4) is 0 Å². The number of benzene rings is 1.